The average Bonchev–Trinajstić information content (AvgIpc) is 2.60. The Morgan fingerprint density at radius 3 is 2.52 bits per heavy atom. The van der Waals surface area contributed by atoms with E-state index in [1.165, 1.54) is 5.56 Å². The van der Waals surface area contributed by atoms with Gasteiger partial charge >= 0.3 is 0 Å². The van der Waals surface area contributed by atoms with Crippen LogP contribution in [0.2, 0.25) is 0 Å². The van der Waals surface area contributed by atoms with Crippen LogP contribution in [-0.4, -0.2) is 41.1 Å². The van der Waals surface area contributed by atoms with Crippen LogP contribution in [0.4, 0.5) is 0 Å². The van der Waals surface area contributed by atoms with E-state index in [9.17, 15) is 9.90 Å². The highest BCUT2D eigenvalue weighted by Crippen LogP contribution is 2.31. The van der Waals surface area contributed by atoms with Crippen molar-refractivity contribution in [1.29, 1.82) is 0 Å². The summed E-state index contributed by atoms with van der Waals surface area (Å²) in [5.41, 5.74) is 1.37. The summed E-state index contributed by atoms with van der Waals surface area (Å²) in [5.74, 6) is 1.18. The second-order valence-corrected chi connectivity index (χ2v) is 7.88. The molecule has 1 aromatic rings. The molecule has 1 amide bonds. The summed E-state index contributed by atoms with van der Waals surface area (Å²) in [7, 11) is 0. The number of carbonyl (C=O) groups is 1. The maximum absolute atomic E-state index is 12.4. The molecule has 0 spiro atoms. The van der Waals surface area contributed by atoms with E-state index in [1.54, 1.807) is 0 Å². The number of hydrogen-bond acceptors (Lipinski definition) is 3. The Morgan fingerprint density at radius 1 is 1.24 bits per heavy atom. The molecule has 3 rings (SSSR count). The molecule has 0 bridgehead atoms. The van der Waals surface area contributed by atoms with Crippen molar-refractivity contribution in [1.82, 2.24) is 10.2 Å². The molecule has 1 aliphatic heterocycles. The molecule has 2 aliphatic rings. The van der Waals surface area contributed by atoms with E-state index in [0.717, 1.165) is 51.7 Å². The molecule has 1 aliphatic carbocycles. The zero-order valence-electron chi connectivity index (χ0n) is 15.4. The van der Waals surface area contributed by atoms with Gasteiger partial charge in [-0.15, -0.1) is 0 Å². The molecule has 0 unspecified atom stereocenters. The lowest BCUT2D eigenvalue weighted by Gasteiger charge is -2.38. The standard InChI is InChI=1S/C21H32N2O2/c1-2-20(18-13-19(24)14-18)22-21(25)12-16-8-10-23(11-9-16)15-17-6-4-3-5-7-17/h3-7,16,18-20,24H,2,8-15H2,1H3,(H,22,25)/t18?,19?,20-/m1/s1. The smallest absolute Gasteiger partial charge is 0.220 e. The molecule has 1 saturated heterocycles. The van der Waals surface area contributed by atoms with Crippen LogP contribution >= 0.6 is 0 Å². The van der Waals surface area contributed by atoms with Crippen molar-refractivity contribution < 1.29 is 9.90 Å². The van der Waals surface area contributed by atoms with E-state index in [0.29, 0.717) is 18.3 Å². The van der Waals surface area contributed by atoms with Gasteiger partial charge in [0.15, 0.2) is 0 Å². The number of benzene rings is 1. The average molecular weight is 344 g/mol. The normalized spacial score (nSPS) is 26.0. The lowest BCUT2D eigenvalue weighted by molar-refractivity contribution is -0.124. The van der Waals surface area contributed by atoms with Crippen molar-refractivity contribution in [2.24, 2.45) is 11.8 Å². The molecule has 25 heavy (non-hydrogen) atoms. The van der Waals surface area contributed by atoms with Crippen molar-refractivity contribution in [2.75, 3.05) is 13.1 Å². The lowest BCUT2D eigenvalue weighted by atomic mass is 9.76. The summed E-state index contributed by atoms with van der Waals surface area (Å²) >= 11 is 0. The quantitative estimate of drug-likeness (QED) is 0.800. The summed E-state index contributed by atoms with van der Waals surface area (Å²) in [6.07, 6.45) is 5.37. The molecule has 1 aromatic carbocycles. The van der Waals surface area contributed by atoms with Gasteiger partial charge in [-0.25, -0.2) is 0 Å². The van der Waals surface area contributed by atoms with Crippen molar-refractivity contribution in [3.63, 3.8) is 0 Å². The van der Waals surface area contributed by atoms with Crippen LogP contribution in [0.25, 0.3) is 0 Å². The third-order valence-corrected chi connectivity index (χ3v) is 5.94. The van der Waals surface area contributed by atoms with Crippen LogP contribution < -0.4 is 5.32 Å². The number of nitrogens with one attached hydrogen (secondary N) is 1. The predicted molar refractivity (Wildman–Crippen MR) is 100 cm³/mol. The fourth-order valence-electron chi connectivity index (χ4n) is 4.23. The summed E-state index contributed by atoms with van der Waals surface area (Å²) in [4.78, 5) is 14.9. The van der Waals surface area contributed by atoms with E-state index in [2.05, 4.69) is 47.5 Å². The number of aliphatic hydroxyl groups is 1. The molecule has 2 fully saturated rings. The van der Waals surface area contributed by atoms with Gasteiger partial charge in [-0.2, -0.15) is 0 Å². The second-order valence-electron chi connectivity index (χ2n) is 7.88. The van der Waals surface area contributed by atoms with Crippen LogP contribution in [-0.2, 0) is 11.3 Å². The minimum Gasteiger partial charge on any atom is -0.393 e. The third-order valence-electron chi connectivity index (χ3n) is 5.94. The van der Waals surface area contributed by atoms with Crippen molar-refractivity contribution in [2.45, 2.75) is 64.1 Å². The van der Waals surface area contributed by atoms with Crippen LogP contribution in [0.15, 0.2) is 30.3 Å². The van der Waals surface area contributed by atoms with Crippen LogP contribution in [0.1, 0.15) is 51.0 Å². The number of carbonyl (C=O) groups excluding carboxylic acids is 1. The maximum Gasteiger partial charge on any atom is 0.220 e. The number of aliphatic hydroxyl groups excluding tert-OH is 1. The van der Waals surface area contributed by atoms with Crippen molar-refractivity contribution in [3.05, 3.63) is 35.9 Å². The minimum absolute atomic E-state index is 0.148. The van der Waals surface area contributed by atoms with Gasteiger partial charge in [0.2, 0.25) is 5.91 Å². The fourth-order valence-corrected chi connectivity index (χ4v) is 4.23. The van der Waals surface area contributed by atoms with Crippen LogP contribution in [0.5, 0.6) is 0 Å². The van der Waals surface area contributed by atoms with Gasteiger partial charge < -0.3 is 10.4 Å². The number of nitrogens with zero attached hydrogens (tertiary/aromatic N) is 1. The highest BCUT2D eigenvalue weighted by atomic mass is 16.3. The second kappa shape index (κ2) is 8.81. The number of amides is 1. The van der Waals surface area contributed by atoms with E-state index < -0.39 is 0 Å². The molecular formula is C21H32N2O2. The molecule has 4 heteroatoms. The number of piperidine rings is 1. The largest absolute Gasteiger partial charge is 0.393 e. The van der Waals surface area contributed by atoms with Gasteiger partial charge in [-0.1, -0.05) is 37.3 Å². The molecule has 1 atom stereocenters. The third kappa shape index (κ3) is 5.29. The minimum atomic E-state index is -0.148. The van der Waals surface area contributed by atoms with Gasteiger partial charge in [0.25, 0.3) is 0 Å². The summed E-state index contributed by atoms with van der Waals surface area (Å²) in [6, 6.07) is 10.9. The Morgan fingerprint density at radius 2 is 1.92 bits per heavy atom. The molecule has 4 nitrogen and oxygen atoms in total. The monoisotopic (exact) mass is 344 g/mol. The molecule has 0 radical (unpaired) electrons. The molecule has 138 valence electrons. The summed E-state index contributed by atoms with van der Waals surface area (Å²) in [5, 5.41) is 12.7. The van der Waals surface area contributed by atoms with Gasteiger partial charge in [0.05, 0.1) is 6.10 Å². The summed E-state index contributed by atoms with van der Waals surface area (Å²) in [6.45, 7) is 5.30. The number of hydrogen-bond donors (Lipinski definition) is 2. The maximum atomic E-state index is 12.4. The molecule has 0 aromatic heterocycles. The van der Waals surface area contributed by atoms with E-state index in [4.69, 9.17) is 0 Å². The fraction of sp³-hybridized carbons (Fsp3) is 0.667. The Hall–Kier alpha value is -1.39. The topological polar surface area (TPSA) is 52.6 Å². The van der Waals surface area contributed by atoms with Crippen molar-refractivity contribution in [3.8, 4) is 0 Å². The predicted octanol–water partition coefficient (Wildman–Crippen LogP) is 2.95. The Labute approximate surface area is 151 Å². The number of likely N-dealkylation sites (tertiary alicyclic amines) is 1. The zero-order chi connectivity index (χ0) is 17.6. The van der Waals surface area contributed by atoms with Gasteiger partial charge in [-0.3, -0.25) is 9.69 Å². The SMILES string of the molecule is CC[C@@H](NC(=O)CC1CCN(Cc2ccccc2)CC1)C1CC(O)C1. The van der Waals surface area contributed by atoms with Gasteiger partial charge in [0.1, 0.15) is 0 Å². The van der Waals surface area contributed by atoms with E-state index in [-0.39, 0.29) is 18.1 Å². The number of rotatable bonds is 7. The Kier molecular flexibility index (Phi) is 6.49. The molecule has 1 saturated carbocycles. The first-order chi connectivity index (χ1) is 12.1. The van der Waals surface area contributed by atoms with E-state index >= 15 is 0 Å². The Balaban J connectivity index is 1.37. The van der Waals surface area contributed by atoms with E-state index in [1.807, 2.05) is 0 Å². The van der Waals surface area contributed by atoms with Gasteiger partial charge in [0, 0.05) is 19.0 Å². The first kappa shape index (κ1) is 18.4. The Bertz CT molecular complexity index is 534. The van der Waals surface area contributed by atoms with Gasteiger partial charge in [-0.05, 0) is 62.6 Å². The first-order valence-electron chi connectivity index (χ1n) is 9.87. The highest BCUT2D eigenvalue weighted by molar-refractivity contribution is 5.76. The van der Waals surface area contributed by atoms with Crippen LogP contribution in [0, 0.1) is 11.8 Å². The highest BCUT2D eigenvalue weighted by Gasteiger charge is 2.34. The molecule has 1 heterocycles. The van der Waals surface area contributed by atoms with Crippen LogP contribution in [0.3, 0.4) is 0 Å². The summed E-state index contributed by atoms with van der Waals surface area (Å²) < 4.78 is 0. The zero-order valence-corrected chi connectivity index (χ0v) is 15.4. The first-order valence-corrected chi connectivity index (χ1v) is 9.87. The lowest BCUT2D eigenvalue weighted by Crippen LogP contribution is -2.47. The molecule has 2 N–H and O–H groups in total. The molecular weight excluding hydrogens is 312 g/mol. The van der Waals surface area contributed by atoms with Crippen molar-refractivity contribution >= 4 is 5.91 Å².